The average molecular weight is 308 g/mol. The maximum absolute atomic E-state index is 12.2. The molecule has 0 aliphatic heterocycles. The predicted molar refractivity (Wildman–Crippen MR) is 82.9 cm³/mol. The van der Waals surface area contributed by atoms with Gasteiger partial charge >= 0.3 is 0 Å². The second-order valence-electron chi connectivity index (χ2n) is 4.83. The zero-order valence-corrected chi connectivity index (χ0v) is 12.5. The third-order valence-electron chi connectivity index (χ3n) is 3.09. The standard InChI is InChI=1S/C14H14ClN3OS/c1-8-3-2-4-10(15)12(8)18-13(19)11-7-16-14(20-11)17-9-5-6-9/h2-4,7,9H,5-6H2,1H3,(H,16,17)(H,18,19). The Balaban J connectivity index is 1.73. The number of nitrogens with zero attached hydrogens (tertiary/aromatic N) is 1. The lowest BCUT2D eigenvalue weighted by atomic mass is 10.2. The first-order chi connectivity index (χ1) is 9.63. The number of nitrogens with one attached hydrogen (secondary N) is 2. The highest BCUT2D eigenvalue weighted by Gasteiger charge is 2.22. The molecule has 0 unspecified atom stereocenters. The van der Waals surface area contributed by atoms with Crippen LogP contribution in [0, 0.1) is 6.92 Å². The molecule has 104 valence electrons. The number of rotatable bonds is 4. The number of halogens is 1. The molecule has 1 aliphatic rings. The number of carbonyl (C=O) groups is 1. The third-order valence-corrected chi connectivity index (χ3v) is 4.34. The minimum absolute atomic E-state index is 0.178. The van der Waals surface area contributed by atoms with Crippen LogP contribution in [-0.4, -0.2) is 16.9 Å². The number of aromatic nitrogens is 1. The molecule has 2 aromatic rings. The molecule has 2 N–H and O–H groups in total. The van der Waals surface area contributed by atoms with Gasteiger partial charge in [-0.2, -0.15) is 0 Å². The zero-order valence-electron chi connectivity index (χ0n) is 10.9. The number of aryl methyl sites for hydroxylation is 1. The van der Waals surface area contributed by atoms with Crippen LogP contribution in [0.2, 0.25) is 5.02 Å². The van der Waals surface area contributed by atoms with Crippen LogP contribution in [0.1, 0.15) is 28.1 Å². The molecule has 0 bridgehead atoms. The van der Waals surface area contributed by atoms with Crippen molar-refractivity contribution in [2.45, 2.75) is 25.8 Å². The summed E-state index contributed by atoms with van der Waals surface area (Å²) in [6.07, 6.45) is 3.96. The Kier molecular flexibility index (Phi) is 3.63. The Morgan fingerprint density at radius 2 is 2.25 bits per heavy atom. The molecule has 0 saturated heterocycles. The summed E-state index contributed by atoms with van der Waals surface area (Å²) >= 11 is 7.47. The summed E-state index contributed by atoms with van der Waals surface area (Å²) in [6, 6.07) is 6.06. The van der Waals surface area contributed by atoms with E-state index in [4.69, 9.17) is 11.6 Å². The van der Waals surface area contributed by atoms with Gasteiger partial charge < -0.3 is 10.6 Å². The first-order valence-electron chi connectivity index (χ1n) is 6.42. The molecule has 1 fully saturated rings. The van der Waals surface area contributed by atoms with Gasteiger partial charge in [0, 0.05) is 6.04 Å². The normalized spacial score (nSPS) is 14.1. The SMILES string of the molecule is Cc1cccc(Cl)c1NC(=O)c1cnc(NC2CC2)s1. The summed E-state index contributed by atoms with van der Waals surface area (Å²) in [5.74, 6) is -0.178. The van der Waals surface area contributed by atoms with Crippen molar-refractivity contribution >= 4 is 39.7 Å². The van der Waals surface area contributed by atoms with Crippen LogP contribution in [0.15, 0.2) is 24.4 Å². The van der Waals surface area contributed by atoms with E-state index in [1.54, 1.807) is 12.3 Å². The Bertz CT molecular complexity index is 631. The molecule has 1 aromatic heterocycles. The topological polar surface area (TPSA) is 54.0 Å². The molecule has 4 nitrogen and oxygen atoms in total. The van der Waals surface area contributed by atoms with E-state index in [-0.39, 0.29) is 5.91 Å². The number of carbonyl (C=O) groups excluding carboxylic acids is 1. The smallest absolute Gasteiger partial charge is 0.267 e. The largest absolute Gasteiger partial charge is 0.359 e. The Hall–Kier alpha value is -1.59. The summed E-state index contributed by atoms with van der Waals surface area (Å²) in [5, 5.41) is 7.47. The molecular weight excluding hydrogens is 294 g/mol. The molecule has 3 rings (SSSR count). The third kappa shape index (κ3) is 2.94. The maximum Gasteiger partial charge on any atom is 0.267 e. The number of anilines is 2. The van der Waals surface area contributed by atoms with Gasteiger partial charge in [0.05, 0.1) is 16.9 Å². The number of hydrogen-bond donors (Lipinski definition) is 2. The molecule has 1 amide bonds. The first kappa shape index (κ1) is 13.4. The van der Waals surface area contributed by atoms with Gasteiger partial charge in [-0.05, 0) is 31.4 Å². The lowest BCUT2D eigenvalue weighted by Gasteiger charge is -2.08. The summed E-state index contributed by atoms with van der Waals surface area (Å²) in [5.41, 5.74) is 1.59. The number of hydrogen-bond acceptors (Lipinski definition) is 4. The van der Waals surface area contributed by atoms with Gasteiger partial charge in [-0.25, -0.2) is 4.98 Å². The highest BCUT2D eigenvalue weighted by atomic mass is 35.5. The number of amides is 1. The van der Waals surface area contributed by atoms with E-state index in [1.165, 1.54) is 24.2 Å². The van der Waals surface area contributed by atoms with Crippen LogP contribution in [0.25, 0.3) is 0 Å². The van der Waals surface area contributed by atoms with Gasteiger partial charge in [0.25, 0.3) is 5.91 Å². The number of thiazole rings is 1. The lowest BCUT2D eigenvalue weighted by Crippen LogP contribution is -2.11. The molecule has 0 atom stereocenters. The molecule has 0 radical (unpaired) electrons. The zero-order chi connectivity index (χ0) is 14.1. The van der Waals surface area contributed by atoms with Gasteiger partial charge in [0.1, 0.15) is 4.88 Å². The molecule has 1 aliphatic carbocycles. The van der Waals surface area contributed by atoms with Crippen molar-refractivity contribution in [1.82, 2.24) is 4.98 Å². The molecule has 20 heavy (non-hydrogen) atoms. The molecule has 1 aromatic carbocycles. The van der Waals surface area contributed by atoms with Crippen molar-refractivity contribution in [2.75, 3.05) is 10.6 Å². The fourth-order valence-electron chi connectivity index (χ4n) is 1.81. The Morgan fingerprint density at radius 1 is 1.45 bits per heavy atom. The van der Waals surface area contributed by atoms with E-state index in [0.717, 1.165) is 10.7 Å². The van der Waals surface area contributed by atoms with Gasteiger partial charge in [-0.3, -0.25) is 4.79 Å². The minimum Gasteiger partial charge on any atom is -0.359 e. The van der Waals surface area contributed by atoms with Gasteiger partial charge in [0.15, 0.2) is 5.13 Å². The summed E-state index contributed by atoms with van der Waals surface area (Å²) in [7, 11) is 0. The van der Waals surface area contributed by atoms with Crippen LogP contribution in [-0.2, 0) is 0 Å². The molecule has 6 heteroatoms. The van der Waals surface area contributed by atoms with Crippen LogP contribution in [0.4, 0.5) is 10.8 Å². The predicted octanol–water partition coefficient (Wildman–Crippen LogP) is 3.93. The molecular formula is C14H14ClN3OS. The van der Waals surface area contributed by atoms with Crippen molar-refractivity contribution in [2.24, 2.45) is 0 Å². The monoisotopic (exact) mass is 307 g/mol. The number of para-hydroxylation sites is 1. The van der Waals surface area contributed by atoms with Crippen LogP contribution >= 0.6 is 22.9 Å². The molecule has 0 spiro atoms. The van der Waals surface area contributed by atoms with Crippen LogP contribution < -0.4 is 10.6 Å². The maximum atomic E-state index is 12.2. The van der Waals surface area contributed by atoms with E-state index in [1.807, 2.05) is 19.1 Å². The quantitative estimate of drug-likeness (QED) is 0.900. The first-order valence-corrected chi connectivity index (χ1v) is 7.62. The minimum atomic E-state index is -0.178. The fraction of sp³-hybridized carbons (Fsp3) is 0.286. The Labute approximate surface area is 126 Å². The van der Waals surface area contributed by atoms with Crippen molar-refractivity contribution < 1.29 is 4.79 Å². The highest BCUT2D eigenvalue weighted by Crippen LogP contribution is 2.29. The number of benzene rings is 1. The van der Waals surface area contributed by atoms with E-state index in [0.29, 0.717) is 21.6 Å². The molecule has 1 saturated carbocycles. The highest BCUT2D eigenvalue weighted by molar-refractivity contribution is 7.17. The van der Waals surface area contributed by atoms with E-state index in [9.17, 15) is 4.79 Å². The summed E-state index contributed by atoms with van der Waals surface area (Å²) in [4.78, 5) is 17.0. The van der Waals surface area contributed by atoms with Crippen molar-refractivity contribution in [1.29, 1.82) is 0 Å². The average Bonchev–Trinajstić information content (AvgIpc) is 3.09. The van der Waals surface area contributed by atoms with Crippen LogP contribution in [0.3, 0.4) is 0 Å². The fourth-order valence-corrected chi connectivity index (χ4v) is 2.87. The van der Waals surface area contributed by atoms with Gasteiger partial charge in [-0.15, -0.1) is 0 Å². The lowest BCUT2D eigenvalue weighted by molar-refractivity contribution is 0.103. The Morgan fingerprint density at radius 3 is 2.95 bits per heavy atom. The van der Waals surface area contributed by atoms with Crippen LogP contribution in [0.5, 0.6) is 0 Å². The second kappa shape index (κ2) is 5.42. The summed E-state index contributed by atoms with van der Waals surface area (Å²) < 4.78 is 0. The van der Waals surface area contributed by atoms with E-state index < -0.39 is 0 Å². The summed E-state index contributed by atoms with van der Waals surface area (Å²) in [6.45, 7) is 1.91. The van der Waals surface area contributed by atoms with Gasteiger partial charge in [0.2, 0.25) is 0 Å². The van der Waals surface area contributed by atoms with E-state index in [2.05, 4.69) is 15.6 Å². The van der Waals surface area contributed by atoms with Gasteiger partial charge in [-0.1, -0.05) is 35.1 Å². The second-order valence-corrected chi connectivity index (χ2v) is 6.27. The van der Waals surface area contributed by atoms with Crippen molar-refractivity contribution in [3.05, 3.63) is 39.9 Å². The van der Waals surface area contributed by atoms with Crippen molar-refractivity contribution in [3.63, 3.8) is 0 Å². The van der Waals surface area contributed by atoms with E-state index >= 15 is 0 Å². The van der Waals surface area contributed by atoms with Crippen molar-refractivity contribution in [3.8, 4) is 0 Å². The molecule has 1 heterocycles.